The predicted octanol–water partition coefficient (Wildman–Crippen LogP) is 2.83. The Labute approximate surface area is 129 Å². The molecule has 1 aliphatic heterocycles. The first kappa shape index (κ1) is 16.8. The monoisotopic (exact) mass is 296 g/mol. The molecular weight excluding hydrogens is 264 g/mol. The molecule has 0 aromatic rings. The van der Waals surface area contributed by atoms with Gasteiger partial charge in [-0.2, -0.15) is 0 Å². The maximum atomic E-state index is 10.6. The minimum Gasteiger partial charge on any atom is -0.481 e. The zero-order valence-electron chi connectivity index (χ0n) is 13.6. The molecule has 0 radical (unpaired) electrons. The molecule has 2 rings (SSSR count). The van der Waals surface area contributed by atoms with Crippen molar-refractivity contribution in [3.05, 3.63) is 0 Å². The number of carboxylic acid groups (broad SMARTS) is 1. The fourth-order valence-corrected chi connectivity index (χ4v) is 4.03. The number of hydrogen-bond acceptors (Lipinski definition) is 3. The molecule has 1 saturated carbocycles. The van der Waals surface area contributed by atoms with Crippen molar-refractivity contribution >= 4 is 5.97 Å². The Morgan fingerprint density at radius 3 is 2.52 bits per heavy atom. The van der Waals surface area contributed by atoms with Crippen LogP contribution in [0, 0.1) is 5.92 Å². The van der Waals surface area contributed by atoms with Crippen LogP contribution in [0.15, 0.2) is 0 Å². The van der Waals surface area contributed by atoms with Gasteiger partial charge in [0, 0.05) is 38.8 Å². The summed E-state index contributed by atoms with van der Waals surface area (Å²) in [5.74, 6) is 0.292. The van der Waals surface area contributed by atoms with Crippen LogP contribution in [0.4, 0.5) is 0 Å². The molecule has 2 fully saturated rings. The molecule has 1 heterocycles. The molecule has 21 heavy (non-hydrogen) atoms. The van der Waals surface area contributed by atoms with E-state index in [1.54, 1.807) is 0 Å². The lowest BCUT2D eigenvalue weighted by molar-refractivity contribution is -0.137. The second kappa shape index (κ2) is 8.74. The summed E-state index contributed by atoms with van der Waals surface area (Å²) in [6.45, 7) is 7.36. The Kier molecular flexibility index (Phi) is 6.97. The maximum absolute atomic E-state index is 10.6. The van der Waals surface area contributed by atoms with Crippen molar-refractivity contribution in [2.75, 3.05) is 32.7 Å². The molecule has 1 aliphatic carbocycles. The molecule has 2 aliphatic rings. The van der Waals surface area contributed by atoms with Crippen LogP contribution in [-0.4, -0.2) is 59.6 Å². The molecule has 0 aromatic heterocycles. The first-order valence-electron chi connectivity index (χ1n) is 8.87. The van der Waals surface area contributed by atoms with Crippen molar-refractivity contribution < 1.29 is 9.90 Å². The number of aliphatic carboxylic acids is 1. The second-order valence-electron chi connectivity index (χ2n) is 6.84. The zero-order valence-corrected chi connectivity index (χ0v) is 13.6. The van der Waals surface area contributed by atoms with Crippen LogP contribution < -0.4 is 0 Å². The number of rotatable bonds is 6. The van der Waals surface area contributed by atoms with Gasteiger partial charge in [0.1, 0.15) is 0 Å². The summed E-state index contributed by atoms with van der Waals surface area (Å²) < 4.78 is 0. The first-order valence-corrected chi connectivity index (χ1v) is 8.87. The average Bonchev–Trinajstić information content (AvgIpc) is 2.72. The van der Waals surface area contributed by atoms with Crippen LogP contribution >= 0.6 is 0 Å². The lowest BCUT2D eigenvalue weighted by Gasteiger charge is -2.39. The SMILES string of the molecule is CCCC1CCCC(N2CCN(CCC(=O)O)CC2)CC1. The van der Waals surface area contributed by atoms with Gasteiger partial charge in [0.05, 0.1) is 6.42 Å². The second-order valence-corrected chi connectivity index (χ2v) is 6.84. The number of nitrogens with zero attached hydrogens (tertiary/aromatic N) is 2. The maximum Gasteiger partial charge on any atom is 0.304 e. The Balaban J connectivity index is 1.70. The van der Waals surface area contributed by atoms with E-state index in [4.69, 9.17) is 5.11 Å². The van der Waals surface area contributed by atoms with E-state index in [9.17, 15) is 4.79 Å². The lowest BCUT2D eigenvalue weighted by Crippen LogP contribution is -2.50. The summed E-state index contributed by atoms with van der Waals surface area (Å²) in [6.07, 6.45) is 10.0. The minimum absolute atomic E-state index is 0.280. The predicted molar refractivity (Wildman–Crippen MR) is 85.5 cm³/mol. The zero-order chi connectivity index (χ0) is 15.1. The highest BCUT2D eigenvalue weighted by Crippen LogP contribution is 2.29. The third kappa shape index (κ3) is 5.59. The molecular formula is C17H32N2O2. The first-order chi connectivity index (χ1) is 10.2. The van der Waals surface area contributed by atoms with Gasteiger partial charge < -0.3 is 10.0 Å². The topological polar surface area (TPSA) is 43.8 Å². The van der Waals surface area contributed by atoms with Gasteiger partial charge >= 0.3 is 5.97 Å². The largest absolute Gasteiger partial charge is 0.481 e. The highest BCUT2D eigenvalue weighted by atomic mass is 16.4. The highest BCUT2D eigenvalue weighted by molar-refractivity contribution is 5.66. The van der Waals surface area contributed by atoms with E-state index in [-0.39, 0.29) is 6.42 Å². The van der Waals surface area contributed by atoms with Gasteiger partial charge in [0.15, 0.2) is 0 Å². The van der Waals surface area contributed by atoms with Gasteiger partial charge in [0.25, 0.3) is 0 Å². The summed E-state index contributed by atoms with van der Waals surface area (Å²) >= 11 is 0. The van der Waals surface area contributed by atoms with Crippen LogP contribution in [0.3, 0.4) is 0 Å². The minimum atomic E-state index is -0.678. The van der Waals surface area contributed by atoms with Crippen LogP contribution in [0.5, 0.6) is 0 Å². The Morgan fingerprint density at radius 1 is 1.10 bits per heavy atom. The van der Waals surface area contributed by atoms with Gasteiger partial charge in [-0.05, 0) is 25.2 Å². The van der Waals surface area contributed by atoms with Crippen molar-refractivity contribution in [2.24, 2.45) is 5.92 Å². The molecule has 0 bridgehead atoms. The third-order valence-electron chi connectivity index (χ3n) is 5.32. The molecule has 4 nitrogen and oxygen atoms in total. The summed E-state index contributed by atoms with van der Waals surface area (Å²) in [5, 5.41) is 8.76. The average molecular weight is 296 g/mol. The van der Waals surface area contributed by atoms with E-state index in [2.05, 4.69) is 16.7 Å². The molecule has 1 saturated heterocycles. The van der Waals surface area contributed by atoms with Gasteiger partial charge in [-0.15, -0.1) is 0 Å². The van der Waals surface area contributed by atoms with E-state index in [1.165, 1.54) is 44.9 Å². The van der Waals surface area contributed by atoms with Gasteiger partial charge in [-0.1, -0.05) is 32.6 Å². The van der Waals surface area contributed by atoms with E-state index >= 15 is 0 Å². The van der Waals surface area contributed by atoms with Crippen molar-refractivity contribution in [2.45, 2.75) is 64.3 Å². The summed E-state index contributed by atoms with van der Waals surface area (Å²) in [4.78, 5) is 15.6. The van der Waals surface area contributed by atoms with E-state index in [0.29, 0.717) is 6.54 Å². The highest BCUT2D eigenvalue weighted by Gasteiger charge is 2.26. The number of carboxylic acids is 1. The molecule has 0 spiro atoms. The molecule has 1 N–H and O–H groups in total. The Morgan fingerprint density at radius 2 is 1.86 bits per heavy atom. The molecule has 2 atom stereocenters. The van der Waals surface area contributed by atoms with E-state index in [1.807, 2.05) is 0 Å². The van der Waals surface area contributed by atoms with Crippen molar-refractivity contribution in [1.29, 1.82) is 0 Å². The van der Waals surface area contributed by atoms with Crippen LogP contribution in [0.25, 0.3) is 0 Å². The fraction of sp³-hybridized carbons (Fsp3) is 0.941. The van der Waals surface area contributed by atoms with E-state index < -0.39 is 5.97 Å². The lowest BCUT2D eigenvalue weighted by atomic mass is 9.95. The Bertz CT molecular complexity index is 314. The van der Waals surface area contributed by atoms with Crippen molar-refractivity contribution in [3.8, 4) is 0 Å². The van der Waals surface area contributed by atoms with Gasteiger partial charge in [-0.3, -0.25) is 9.69 Å². The standard InChI is InChI=1S/C17H32N2O2/c1-2-4-15-5-3-6-16(8-7-15)19-13-11-18(12-14-19)10-9-17(20)21/h15-16H,2-14H2,1H3,(H,20,21). The van der Waals surface area contributed by atoms with Crippen molar-refractivity contribution in [1.82, 2.24) is 9.80 Å². The number of piperazine rings is 1. The normalized spacial score (nSPS) is 29.2. The van der Waals surface area contributed by atoms with Crippen LogP contribution in [0.2, 0.25) is 0 Å². The third-order valence-corrected chi connectivity index (χ3v) is 5.32. The number of hydrogen-bond donors (Lipinski definition) is 1. The molecule has 4 heteroatoms. The summed E-state index contributed by atoms with van der Waals surface area (Å²) in [6, 6.07) is 0.786. The van der Waals surface area contributed by atoms with Crippen molar-refractivity contribution in [3.63, 3.8) is 0 Å². The Hall–Kier alpha value is -0.610. The smallest absolute Gasteiger partial charge is 0.304 e. The summed E-state index contributed by atoms with van der Waals surface area (Å²) in [5.41, 5.74) is 0. The van der Waals surface area contributed by atoms with Crippen LogP contribution in [0.1, 0.15) is 58.3 Å². The molecule has 0 aromatic carbocycles. The molecule has 0 amide bonds. The fourth-order valence-electron chi connectivity index (χ4n) is 4.03. The molecule has 2 unspecified atom stereocenters. The van der Waals surface area contributed by atoms with E-state index in [0.717, 1.165) is 38.1 Å². The quantitative estimate of drug-likeness (QED) is 0.766. The summed E-state index contributed by atoms with van der Waals surface area (Å²) in [7, 11) is 0. The van der Waals surface area contributed by atoms with Gasteiger partial charge in [-0.25, -0.2) is 0 Å². The van der Waals surface area contributed by atoms with Crippen LogP contribution in [-0.2, 0) is 4.79 Å². The number of carbonyl (C=O) groups is 1. The van der Waals surface area contributed by atoms with Gasteiger partial charge in [0.2, 0.25) is 0 Å². The molecule has 122 valence electrons.